The van der Waals surface area contributed by atoms with E-state index in [1.165, 1.54) is 18.6 Å². The van der Waals surface area contributed by atoms with Crippen LogP contribution in [0, 0.1) is 13.8 Å². The van der Waals surface area contributed by atoms with Crippen LogP contribution in [0.25, 0.3) is 9.31 Å². The van der Waals surface area contributed by atoms with Gasteiger partial charge in [-0.15, -0.1) is 0 Å². The molecule has 2 rings (SSSR count). The average Bonchev–Trinajstić information content (AvgIpc) is 2.58. The Bertz CT molecular complexity index is 346. The number of hydrogen-bond donors (Lipinski definition) is 0. The summed E-state index contributed by atoms with van der Waals surface area (Å²) in [5.41, 5.74) is 0. The van der Waals surface area contributed by atoms with Crippen LogP contribution in [0.4, 0.5) is 0 Å². The molecule has 0 aromatic carbocycles. The number of rotatable bonds is 1. The van der Waals surface area contributed by atoms with E-state index < -0.39 is 0 Å². The summed E-state index contributed by atoms with van der Waals surface area (Å²) in [6, 6.07) is 8.94. The van der Waals surface area contributed by atoms with Crippen LogP contribution in [0.2, 0.25) is 0 Å². The van der Waals surface area contributed by atoms with E-state index in [1.54, 1.807) is 0 Å². The van der Waals surface area contributed by atoms with Crippen LogP contribution in [0.5, 0.6) is 0 Å². The van der Waals surface area contributed by atoms with Gasteiger partial charge in [-0.2, -0.15) is 0 Å². The van der Waals surface area contributed by atoms with Gasteiger partial charge in [-0.1, -0.05) is 0 Å². The molecular weight excluding hydrogens is 231 g/mol. The van der Waals surface area contributed by atoms with Crippen molar-refractivity contribution in [2.24, 2.45) is 0 Å². The Morgan fingerprint density at radius 3 is 2.42 bits per heavy atom. The monoisotopic (exact) mass is 242 g/mol. The van der Waals surface area contributed by atoms with E-state index in [4.69, 9.17) is 0 Å². The van der Waals surface area contributed by atoms with E-state index in [0.717, 1.165) is 0 Å². The van der Waals surface area contributed by atoms with E-state index in [2.05, 4.69) is 38.1 Å². The summed E-state index contributed by atoms with van der Waals surface area (Å²) in [5, 5.41) is 0. The molecule has 62 valence electrons. The first-order valence-electron chi connectivity index (χ1n) is 3.89. The fourth-order valence-electron chi connectivity index (χ4n) is 1.13. The van der Waals surface area contributed by atoms with Gasteiger partial charge in [-0.05, 0) is 0 Å². The summed E-state index contributed by atoms with van der Waals surface area (Å²) >= 11 is 2.50. The fraction of sp³-hybridized carbons (Fsp3) is 0.200. The van der Waals surface area contributed by atoms with Crippen molar-refractivity contribution >= 4 is 25.8 Å². The first kappa shape index (κ1) is 8.30. The fourth-order valence-corrected chi connectivity index (χ4v) is 4.05. The quantitative estimate of drug-likeness (QED) is 0.673. The van der Waals surface area contributed by atoms with Crippen LogP contribution in [0.3, 0.4) is 0 Å². The summed E-state index contributed by atoms with van der Waals surface area (Å²) in [7, 11) is 0. The SMILES string of the molecule is Cc1ccc(-c2ccc(C)[se]2)s1. The zero-order valence-electron chi connectivity index (χ0n) is 7.13. The number of hydrogen-bond acceptors (Lipinski definition) is 1. The van der Waals surface area contributed by atoms with Crippen LogP contribution in [-0.4, -0.2) is 14.5 Å². The molecule has 0 N–H and O–H groups in total. The van der Waals surface area contributed by atoms with Crippen molar-refractivity contribution in [3.63, 3.8) is 0 Å². The van der Waals surface area contributed by atoms with Gasteiger partial charge in [0, 0.05) is 0 Å². The maximum absolute atomic E-state index is 2.26. The van der Waals surface area contributed by atoms with Gasteiger partial charge in [0.25, 0.3) is 0 Å². The van der Waals surface area contributed by atoms with Gasteiger partial charge in [0.1, 0.15) is 0 Å². The van der Waals surface area contributed by atoms with Crippen molar-refractivity contribution in [3.8, 4) is 9.31 Å². The molecule has 0 amide bonds. The van der Waals surface area contributed by atoms with E-state index in [9.17, 15) is 0 Å². The molecule has 0 fully saturated rings. The van der Waals surface area contributed by atoms with E-state index in [1.807, 2.05) is 11.3 Å². The molecule has 0 aliphatic carbocycles. The van der Waals surface area contributed by atoms with Crippen molar-refractivity contribution in [1.29, 1.82) is 0 Å². The van der Waals surface area contributed by atoms with Crippen molar-refractivity contribution in [2.75, 3.05) is 0 Å². The van der Waals surface area contributed by atoms with E-state index in [0.29, 0.717) is 14.5 Å². The third kappa shape index (κ3) is 1.56. The molecule has 0 aliphatic heterocycles. The van der Waals surface area contributed by atoms with E-state index in [-0.39, 0.29) is 0 Å². The van der Waals surface area contributed by atoms with Crippen molar-refractivity contribution in [2.45, 2.75) is 13.8 Å². The van der Waals surface area contributed by atoms with Gasteiger partial charge in [-0.25, -0.2) is 0 Å². The molecule has 2 heteroatoms. The Morgan fingerprint density at radius 1 is 1.08 bits per heavy atom. The van der Waals surface area contributed by atoms with Gasteiger partial charge < -0.3 is 0 Å². The van der Waals surface area contributed by atoms with Crippen LogP contribution in [0.1, 0.15) is 9.31 Å². The third-order valence-electron chi connectivity index (χ3n) is 1.72. The summed E-state index contributed by atoms with van der Waals surface area (Å²) in [6.45, 7) is 4.38. The first-order valence-corrected chi connectivity index (χ1v) is 6.42. The van der Waals surface area contributed by atoms with Gasteiger partial charge in [0.15, 0.2) is 0 Å². The predicted molar refractivity (Wildman–Crippen MR) is 56.2 cm³/mol. The Morgan fingerprint density at radius 2 is 1.92 bits per heavy atom. The molecule has 0 saturated carbocycles. The van der Waals surface area contributed by atoms with Crippen LogP contribution in [0.15, 0.2) is 24.3 Å². The Balaban J connectivity index is 2.43. The second kappa shape index (κ2) is 3.21. The molecule has 0 aliphatic rings. The van der Waals surface area contributed by atoms with Crippen molar-refractivity contribution in [1.82, 2.24) is 0 Å². The number of aryl methyl sites for hydroxylation is 2. The van der Waals surface area contributed by atoms with Crippen molar-refractivity contribution in [3.05, 3.63) is 33.6 Å². The molecule has 0 atom stereocenters. The van der Waals surface area contributed by atoms with Crippen molar-refractivity contribution < 1.29 is 0 Å². The number of thiophene rings is 1. The third-order valence-corrected chi connectivity index (χ3v) is 5.22. The molecular formula is C10H10SSe. The normalized spacial score (nSPS) is 10.5. The molecule has 2 aromatic heterocycles. The minimum absolute atomic E-state index is 0.595. The topological polar surface area (TPSA) is 0 Å². The summed E-state index contributed by atoms with van der Waals surface area (Å²) in [6.07, 6.45) is 0. The predicted octanol–water partition coefficient (Wildman–Crippen LogP) is 3.09. The maximum atomic E-state index is 2.26. The standard InChI is InChI=1S/C10H10SSe/c1-7-3-5-9(11-7)10-6-4-8(2)12-10/h3-6H,1-2H3. The van der Waals surface area contributed by atoms with Gasteiger partial charge in [0.2, 0.25) is 0 Å². The zero-order valence-corrected chi connectivity index (χ0v) is 9.66. The molecule has 0 spiro atoms. The molecule has 0 saturated heterocycles. The second-order valence-electron chi connectivity index (χ2n) is 2.82. The van der Waals surface area contributed by atoms with Gasteiger partial charge in [0.05, 0.1) is 0 Å². The molecule has 0 nitrogen and oxygen atoms in total. The first-order chi connectivity index (χ1) is 5.75. The summed E-state index contributed by atoms with van der Waals surface area (Å²) in [5.74, 6) is 0. The average molecular weight is 241 g/mol. The summed E-state index contributed by atoms with van der Waals surface area (Å²) < 4.78 is 3.07. The Labute approximate surface area is 82.6 Å². The minimum atomic E-state index is 0.595. The van der Waals surface area contributed by atoms with Gasteiger partial charge in [-0.3, -0.25) is 0 Å². The molecule has 2 aromatic rings. The van der Waals surface area contributed by atoms with Crippen LogP contribution < -0.4 is 0 Å². The molecule has 2 heterocycles. The van der Waals surface area contributed by atoms with Crippen LogP contribution >= 0.6 is 11.3 Å². The summed E-state index contributed by atoms with van der Waals surface area (Å²) in [4.78, 5) is 2.87. The van der Waals surface area contributed by atoms with Crippen LogP contribution in [-0.2, 0) is 0 Å². The zero-order chi connectivity index (χ0) is 8.55. The molecule has 0 radical (unpaired) electrons. The Hall–Kier alpha value is -0.301. The Kier molecular flexibility index (Phi) is 2.22. The molecule has 0 unspecified atom stereocenters. The van der Waals surface area contributed by atoms with E-state index >= 15 is 0 Å². The van der Waals surface area contributed by atoms with Gasteiger partial charge >= 0.3 is 82.6 Å². The molecule has 0 bridgehead atoms. The molecule has 12 heavy (non-hydrogen) atoms. The second-order valence-corrected chi connectivity index (χ2v) is 6.81.